The van der Waals surface area contributed by atoms with Crippen molar-refractivity contribution in [3.05, 3.63) is 58.4 Å². The van der Waals surface area contributed by atoms with Gasteiger partial charge in [0.15, 0.2) is 18.5 Å². The van der Waals surface area contributed by atoms with Gasteiger partial charge in [-0.25, -0.2) is 4.39 Å². The lowest BCUT2D eigenvalue weighted by atomic mass is 9.38. The zero-order chi connectivity index (χ0) is 23.4. The van der Waals surface area contributed by atoms with E-state index in [2.05, 4.69) is 5.32 Å². The van der Waals surface area contributed by atoms with Gasteiger partial charge in [-0.2, -0.15) is 0 Å². The molecule has 3 saturated carbocycles. The number of aliphatic hydroxyl groups excluding tert-OH is 1. The summed E-state index contributed by atoms with van der Waals surface area (Å²) in [4.78, 5) is 25.2. The first-order chi connectivity index (χ1) is 15.7. The number of Topliss-reactive ketones (excluding diaryl/α,β-unsaturated/α-hetero) is 1. The summed E-state index contributed by atoms with van der Waals surface area (Å²) in [7, 11) is 0. The van der Waals surface area contributed by atoms with Gasteiger partial charge < -0.3 is 19.9 Å². The first-order valence-corrected chi connectivity index (χ1v) is 11.4. The maximum absolute atomic E-state index is 13.5. The summed E-state index contributed by atoms with van der Waals surface area (Å²) < 4.78 is 24.7. The molecule has 0 radical (unpaired) electrons. The van der Waals surface area contributed by atoms with Crippen LogP contribution >= 0.6 is 11.6 Å². The number of amides is 1. The van der Waals surface area contributed by atoms with E-state index in [4.69, 9.17) is 21.1 Å². The maximum atomic E-state index is 13.5. The van der Waals surface area contributed by atoms with Crippen molar-refractivity contribution in [1.29, 1.82) is 0 Å². The van der Waals surface area contributed by atoms with Crippen molar-refractivity contribution in [3.63, 3.8) is 0 Å². The summed E-state index contributed by atoms with van der Waals surface area (Å²) in [5.74, 6) is -0.0880. The summed E-state index contributed by atoms with van der Waals surface area (Å²) in [6, 6.07) is 9.62. The van der Waals surface area contributed by atoms with Crippen LogP contribution in [-0.2, 0) is 9.59 Å². The Bertz CT molecular complexity index is 1120. The van der Waals surface area contributed by atoms with E-state index in [-0.39, 0.29) is 46.4 Å². The fourth-order valence-corrected chi connectivity index (χ4v) is 5.73. The van der Waals surface area contributed by atoms with Crippen molar-refractivity contribution in [2.24, 2.45) is 5.41 Å². The van der Waals surface area contributed by atoms with E-state index >= 15 is 0 Å². The van der Waals surface area contributed by atoms with Gasteiger partial charge in [0, 0.05) is 30.0 Å². The first-order valence-electron chi connectivity index (χ1n) is 11.0. The average molecular weight is 474 g/mol. The van der Waals surface area contributed by atoms with Gasteiger partial charge >= 0.3 is 0 Å². The second kappa shape index (κ2) is 7.99. The van der Waals surface area contributed by atoms with Crippen molar-refractivity contribution in [1.82, 2.24) is 5.32 Å². The largest absolute Gasteiger partial charge is 0.484 e. The van der Waals surface area contributed by atoms with Crippen LogP contribution in [-0.4, -0.2) is 35.0 Å². The molecule has 33 heavy (non-hydrogen) atoms. The molecule has 6 nitrogen and oxygen atoms in total. The lowest BCUT2D eigenvalue weighted by Gasteiger charge is -2.70. The van der Waals surface area contributed by atoms with E-state index in [9.17, 15) is 19.1 Å². The Hall–Kier alpha value is -2.64. The van der Waals surface area contributed by atoms with E-state index in [1.165, 1.54) is 12.1 Å². The minimum Gasteiger partial charge on any atom is -0.484 e. The van der Waals surface area contributed by atoms with Gasteiger partial charge in [-0.3, -0.25) is 9.59 Å². The molecule has 0 aromatic heterocycles. The lowest BCUT2D eigenvalue weighted by Crippen LogP contribution is -2.75. The third-order valence-corrected chi connectivity index (χ3v) is 7.25. The number of hydrogen-bond acceptors (Lipinski definition) is 5. The molecule has 1 amide bonds. The molecule has 0 spiro atoms. The monoisotopic (exact) mass is 473 g/mol. The number of ketones is 1. The zero-order valence-electron chi connectivity index (χ0n) is 18.2. The molecule has 174 valence electrons. The van der Waals surface area contributed by atoms with Gasteiger partial charge in [0.1, 0.15) is 17.3 Å². The van der Waals surface area contributed by atoms with Crippen LogP contribution in [0.15, 0.2) is 36.4 Å². The van der Waals surface area contributed by atoms with Gasteiger partial charge in [0.05, 0.1) is 11.1 Å². The normalized spacial score (nSPS) is 29.1. The zero-order valence-corrected chi connectivity index (χ0v) is 19.0. The summed E-state index contributed by atoms with van der Waals surface area (Å²) in [6.45, 7) is 1.73. The minimum atomic E-state index is -0.713. The number of carbonyl (C=O) groups excluding carboxylic acids is 2. The van der Waals surface area contributed by atoms with Crippen LogP contribution in [0.5, 0.6) is 11.5 Å². The van der Waals surface area contributed by atoms with Crippen LogP contribution in [0, 0.1) is 18.2 Å². The van der Waals surface area contributed by atoms with Gasteiger partial charge in [0.2, 0.25) is 0 Å². The Morgan fingerprint density at radius 1 is 1.24 bits per heavy atom. The summed E-state index contributed by atoms with van der Waals surface area (Å²) in [6.07, 6.45) is 1.48. The highest BCUT2D eigenvalue weighted by atomic mass is 35.5. The van der Waals surface area contributed by atoms with E-state index in [0.29, 0.717) is 12.2 Å². The molecular formula is C25H25ClFNO5. The molecule has 2 unspecified atom stereocenters. The van der Waals surface area contributed by atoms with Crippen molar-refractivity contribution in [3.8, 4) is 11.5 Å². The number of nitrogens with one attached hydrogen (secondary N) is 1. The minimum absolute atomic E-state index is 0.00648. The number of ether oxygens (including phenoxy) is 2. The smallest absolute Gasteiger partial charge is 0.258 e. The molecule has 2 bridgehead atoms. The Morgan fingerprint density at radius 2 is 2.00 bits per heavy atom. The number of fused-ring (bicyclic) bond motifs is 1. The van der Waals surface area contributed by atoms with E-state index in [0.717, 1.165) is 36.5 Å². The highest BCUT2D eigenvalue weighted by molar-refractivity contribution is 6.30. The Balaban J connectivity index is 1.10. The molecule has 2 atom stereocenters. The quantitative estimate of drug-likeness (QED) is 0.633. The number of halogens is 2. The van der Waals surface area contributed by atoms with Crippen LogP contribution in [0.2, 0.25) is 5.02 Å². The number of hydrogen-bond donors (Lipinski definition) is 2. The molecule has 2 aromatic rings. The Kier molecular flexibility index (Phi) is 5.37. The molecule has 2 aromatic carbocycles. The maximum Gasteiger partial charge on any atom is 0.258 e. The topological polar surface area (TPSA) is 84.9 Å². The number of aliphatic hydroxyl groups is 1. The number of carbonyl (C=O) groups is 2. The Labute approximate surface area is 196 Å². The average Bonchev–Trinajstić information content (AvgIpc) is 2.72. The van der Waals surface area contributed by atoms with Crippen molar-refractivity contribution in [2.45, 2.75) is 56.8 Å². The highest BCUT2D eigenvalue weighted by Gasteiger charge is 2.68. The van der Waals surface area contributed by atoms with Crippen LogP contribution < -0.4 is 14.8 Å². The second-order valence-corrected chi connectivity index (χ2v) is 10.2. The van der Waals surface area contributed by atoms with Crippen molar-refractivity contribution < 1.29 is 28.6 Å². The van der Waals surface area contributed by atoms with Gasteiger partial charge in [-0.1, -0.05) is 23.2 Å². The molecule has 1 heterocycles. The standard InChI is InChI=1S/C25H25ClFNO5/c1-14-2-5-21-16(6-14)19(29)8-22(33-21)20(30)9-24-11-25(12-24,13-24)28-23(31)10-32-15-3-4-17(26)18(27)7-15/h2-7,19,22,29H,8-13H2,1H3,(H,28,31). The lowest BCUT2D eigenvalue weighted by molar-refractivity contribution is -0.175. The molecule has 2 N–H and O–H groups in total. The molecule has 3 aliphatic carbocycles. The van der Waals surface area contributed by atoms with Crippen LogP contribution in [0.25, 0.3) is 0 Å². The fourth-order valence-electron chi connectivity index (χ4n) is 5.61. The van der Waals surface area contributed by atoms with Gasteiger partial charge in [-0.15, -0.1) is 0 Å². The molecule has 6 rings (SSSR count). The third kappa shape index (κ3) is 4.20. The van der Waals surface area contributed by atoms with Gasteiger partial charge in [0.25, 0.3) is 5.91 Å². The highest BCUT2D eigenvalue weighted by Crippen LogP contribution is 2.69. The van der Waals surface area contributed by atoms with Crippen LogP contribution in [0.1, 0.15) is 49.3 Å². The van der Waals surface area contributed by atoms with E-state index in [1.54, 1.807) is 6.07 Å². The predicted molar refractivity (Wildman–Crippen MR) is 119 cm³/mol. The summed E-state index contributed by atoms with van der Waals surface area (Å²) in [5, 5.41) is 13.5. The van der Waals surface area contributed by atoms with E-state index in [1.807, 2.05) is 19.1 Å². The number of benzene rings is 2. The SMILES string of the molecule is Cc1ccc2c(c1)C(O)CC(C(=O)CC13CC(NC(=O)COc4ccc(Cl)c(F)c4)(C1)C3)O2. The summed E-state index contributed by atoms with van der Waals surface area (Å²) >= 11 is 5.64. The van der Waals surface area contributed by atoms with Crippen molar-refractivity contribution in [2.75, 3.05) is 6.61 Å². The molecule has 3 fully saturated rings. The number of rotatable bonds is 7. The molecule has 1 aliphatic heterocycles. The van der Waals surface area contributed by atoms with E-state index < -0.39 is 18.0 Å². The predicted octanol–water partition coefficient (Wildman–Crippen LogP) is 4.05. The molecule has 4 aliphatic rings. The van der Waals surface area contributed by atoms with Crippen LogP contribution in [0.3, 0.4) is 0 Å². The number of aryl methyl sites for hydroxylation is 1. The van der Waals surface area contributed by atoms with Crippen LogP contribution in [0.4, 0.5) is 4.39 Å². The Morgan fingerprint density at radius 3 is 2.73 bits per heavy atom. The summed E-state index contributed by atoms with van der Waals surface area (Å²) in [5.41, 5.74) is 1.37. The molecule has 8 heteroatoms. The fraction of sp³-hybridized carbons (Fsp3) is 0.440. The van der Waals surface area contributed by atoms with Crippen molar-refractivity contribution >= 4 is 23.3 Å². The molecule has 0 saturated heterocycles. The van der Waals surface area contributed by atoms with Gasteiger partial charge in [-0.05, 0) is 55.9 Å². The second-order valence-electron chi connectivity index (χ2n) is 9.77. The molecular weight excluding hydrogens is 449 g/mol. The first kappa shape index (κ1) is 22.2. The third-order valence-electron chi connectivity index (χ3n) is 6.94.